The summed E-state index contributed by atoms with van der Waals surface area (Å²) < 4.78 is 17.5. The van der Waals surface area contributed by atoms with Gasteiger partial charge in [0.25, 0.3) is 0 Å². The van der Waals surface area contributed by atoms with Crippen LogP contribution in [-0.4, -0.2) is 12.5 Å². The Labute approximate surface area is 79.5 Å². The number of halogens is 2. The SMILES string of the molecule is COc1ccc(F)cc1NC(=O)Cl. The standard InChI is InChI=1S/C8H7ClFNO2/c1-13-7-3-2-5(10)4-6(7)11-8(9)12/h2-4H,1H3,(H,11,12). The van der Waals surface area contributed by atoms with E-state index in [1.807, 2.05) is 0 Å². The van der Waals surface area contributed by atoms with Gasteiger partial charge in [0.2, 0.25) is 0 Å². The molecule has 1 aromatic rings. The van der Waals surface area contributed by atoms with Crippen molar-refractivity contribution in [3.05, 3.63) is 24.0 Å². The lowest BCUT2D eigenvalue weighted by Gasteiger charge is -2.07. The van der Waals surface area contributed by atoms with Gasteiger partial charge in [-0.3, -0.25) is 4.79 Å². The molecule has 1 aromatic carbocycles. The number of methoxy groups -OCH3 is 1. The van der Waals surface area contributed by atoms with E-state index in [4.69, 9.17) is 16.3 Å². The number of carbonyl (C=O) groups excluding carboxylic acids is 1. The Morgan fingerprint density at radius 3 is 2.85 bits per heavy atom. The van der Waals surface area contributed by atoms with Crippen molar-refractivity contribution in [2.45, 2.75) is 0 Å². The van der Waals surface area contributed by atoms with Gasteiger partial charge in [-0.25, -0.2) is 4.39 Å². The van der Waals surface area contributed by atoms with E-state index in [0.717, 1.165) is 6.07 Å². The molecule has 1 amide bonds. The highest BCUT2D eigenvalue weighted by molar-refractivity contribution is 6.65. The molecule has 0 aromatic heterocycles. The molecule has 0 bridgehead atoms. The van der Waals surface area contributed by atoms with E-state index in [1.165, 1.54) is 19.2 Å². The Morgan fingerprint density at radius 1 is 1.62 bits per heavy atom. The lowest BCUT2D eigenvalue weighted by molar-refractivity contribution is 0.269. The summed E-state index contributed by atoms with van der Waals surface area (Å²) in [6, 6.07) is 3.75. The van der Waals surface area contributed by atoms with Gasteiger partial charge in [0.05, 0.1) is 12.8 Å². The molecule has 0 atom stereocenters. The minimum atomic E-state index is -0.788. The number of nitrogens with one attached hydrogen (secondary N) is 1. The van der Waals surface area contributed by atoms with E-state index < -0.39 is 11.2 Å². The lowest BCUT2D eigenvalue weighted by Crippen LogP contribution is -2.03. The van der Waals surface area contributed by atoms with Crippen molar-refractivity contribution in [3.8, 4) is 5.75 Å². The number of carbonyl (C=O) groups is 1. The van der Waals surface area contributed by atoms with Crippen LogP contribution in [0.4, 0.5) is 14.9 Å². The van der Waals surface area contributed by atoms with E-state index in [1.54, 1.807) is 0 Å². The minimum absolute atomic E-state index is 0.211. The van der Waals surface area contributed by atoms with Crippen LogP contribution in [0.15, 0.2) is 18.2 Å². The number of benzene rings is 1. The predicted molar refractivity (Wildman–Crippen MR) is 47.8 cm³/mol. The highest BCUT2D eigenvalue weighted by Crippen LogP contribution is 2.24. The second-order valence-corrected chi connectivity index (χ2v) is 2.59. The van der Waals surface area contributed by atoms with Gasteiger partial charge in [-0.2, -0.15) is 0 Å². The van der Waals surface area contributed by atoms with Gasteiger partial charge < -0.3 is 10.1 Å². The fourth-order valence-corrected chi connectivity index (χ4v) is 0.986. The van der Waals surface area contributed by atoms with Crippen LogP contribution < -0.4 is 10.1 Å². The van der Waals surface area contributed by atoms with Crippen molar-refractivity contribution in [1.82, 2.24) is 0 Å². The molecule has 0 saturated carbocycles. The van der Waals surface area contributed by atoms with E-state index in [-0.39, 0.29) is 5.69 Å². The number of rotatable bonds is 2. The molecule has 0 aliphatic rings. The maximum Gasteiger partial charge on any atom is 0.318 e. The van der Waals surface area contributed by atoms with Gasteiger partial charge >= 0.3 is 5.37 Å². The van der Waals surface area contributed by atoms with Crippen molar-refractivity contribution in [3.63, 3.8) is 0 Å². The normalized spacial score (nSPS) is 9.46. The van der Waals surface area contributed by atoms with Gasteiger partial charge in [0.15, 0.2) is 0 Å². The molecule has 3 nitrogen and oxygen atoms in total. The number of hydrogen-bond donors (Lipinski definition) is 1. The fourth-order valence-electron chi connectivity index (χ4n) is 0.884. The van der Waals surface area contributed by atoms with Gasteiger partial charge in [-0.1, -0.05) is 0 Å². The summed E-state index contributed by atoms with van der Waals surface area (Å²) in [6.07, 6.45) is 0. The fraction of sp³-hybridized carbons (Fsp3) is 0.125. The first-order valence-corrected chi connectivity index (χ1v) is 3.81. The first-order valence-electron chi connectivity index (χ1n) is 3.43. The highest BCUT2D eigenvalue weighted by Gasteiger charge is 2.05. The molecule has 13 heavy (non-hydrogen) atoms. The summed E-state index contributed by atoms with van der Waals surface area (Å²) in [5.41, 5.74) is 0.211. The largest absolute Gasteiger partial charge is 0.495 e. The Hall–Kier alpha value is -1.29. The molecule has 1 rings (SSSR count). The summed E-state index contributed by atoms with van der Waals surface area (Å²) in [5.74, 6) is -0.114. The topological polar surface area (TPSA) is 38.3 Å². The number of hydrogen-bond acceptors (Lipinski definition) is 2. The van der Waals surface area contributed by atoms with Crippen LogP contribution in [0, 0.1) is 5.82 Å². The van der Waals surface area contributed by atoms with E-state index in [2.05, 4.69) is 5.32 Å². The van der Waals surface area contributed by atoms with Crippen LogP contribution in [0.2, 0.25) is 0 Å². The van der Waals surface area contributed by atoms with Crippen LogP contribution in [-0.2, 0) is 0 Å². The number of amides is 1. The van der Waals surface area contributed by atoms with Crippen LogP contribution >= 0.6 is 11.6 Å². The first-order chi connectivity index (χ1) is 6.13. The molecular weight excluding hydrogens is 197 g/mol. The second-order valence-electron chi connectivity index (χ2n) is 2.24. The first kappa shape index (κ1) is 9.80. The van der Waals surface area contributed by atoms with Crippen LogP contribution in [0.3, 0.4) is 0 Å². The Balaban J connectivity index is 3.01. The third-order valence-electron chi connectivity index (χ3n) is 1.39. The predicted octanol–water partition coefficient (Wildman–Crippen LogP) is 2.61. The van der Waals surface area contributed by atoms with Gasteiger partial charge in [0, 0.05) is 6.07 Å². The molecule has 1 N–H and O–H groups in total. The lowest BCUT2D eigenvalue weighted by atomic mass is 10.3. The Bertz CT molecular complexity index is 330. The van der Waals surface area contributed by atoms with E-state index >= 15 is 0 Å². The average molecular weight is 204 g/mol. The molecule has 0 heterocycles. The summed E-state index contributed by atoms with van der Waals surface area (Å²) in [5, 5.41) is 1.44. The average Bonchev–Trinajstić information content (AvgIpc) is 2.03. The van der Waals surface area contributed by atoms with Crippen molar-refractivity contribution < 1.29 is 13.9 Å². The summed E-state index contributed by atoms with van der Waals surface area (Å²) in [6.45, 7) is 0. The number of ether oxygens (including phenoxy) is 1. The molecule has 0 radical (unpaired) electrons. The molecule has 0 aliphatic carbocycles. The summed E-state index contributed by atoms with van der Waals surface area (Å²) in [4.78, 5) is 10.5. The maximum atomic E-state index is 12.7. The molecule has 0 spiro atoms. The van der Waals surface area contributed by atoms with E-state index in [0.29, 0.717) is 5.75 Å². The zero-order chi connectivity index (χ0) is 9.84. The molecule has 0 unspecified atom stereocenters. The monoisotopic (exact) mass is 203 g/mol. The second kappa shape index (κ2) is 4.09. The third-order valence-corrected chi connectivity index (χ3v) is 1.49. The van der Waals surface area contributed by atoms with Crippen LogP contribution in [0.1, 0.15) is 0 Å². The quantitative estimate of drug-likeness (QED) is 0.593. The zero-order valence-corrected chi connectivity index (χ0v) is 7.56. The summed E-state index contributed by atoms with van der Waals surface area (Å²) >= 11 is 5.07. The summed E-state index contributed by atoms with van der Waals surface area (Å²) in [7, 11) is 1.41. The number of anilines is 1. The smallest absolute Gasteiger partial charge is 0.318 e. The highest BCUT2D eigenvalue weighted by atomic mass is 35.5. The van der Waals surface area contributed by atoms with Gasteiger partial charge in [-0.05, 0) is 23.7 Å². The van der Waals surface area contributed by atoms with Crippen LogP contribution in [0.5, 0.6) is 5.75 Å². The van der Waals surface area contributed by atoms with Crippen molar-refractivity contribution in [2.24, 2.45) is 0 Å². The van der Waals surface area contributed by atoms with Gasteiger partial charge in [0.1, 0.15) is 11.6 Å². The minimum Gasteiger partial charge on any atom is -0.495 e. The van der Waals surface area contributed by atoms with E-state index in [9.17, 15) is 9.18 Å². The van der Waals surface area contributed by atoms with Crippen molar-refractivity contribution in [2.75, 3.05) is 12.4 Å². The zero-order valence-electron chi connectivity index (χ0n) is 6.80. The Morgan fingerprint density at radius 2 is 2.31 bits per heavy atom. The molecular formula is C8H7ClFNO2. The van der Waals surface area contributed by atoms with Crippen LogP contribution in [0.25, 0.3) is 0 Å². The Kier molecular flexibility index (Phi) is 3.08. The molecule has 5 heteroatoms. The molecule has 0 saturated heterocycles. The maximum absolute atomic E-state index is 12.7. The molecule has 70 valence electrons. The van der Waals surface area contributed by atoms with Crippen molar-refractivity contribution >= 4 is 22.7 Å². The molecule has 0 fully saturated rings. The third kappa shape index (κ3) is 2.59. The van der Waals surface area contributed by atoms with Crippen molar-refractivity contribution in [1.29, 1.82) is 0 Å². The van der Waals surface area contributed by atoms with Gasteiger partial charge in [-0.15, -0.1) is 0 Å². The molecule has 0 aliphatic heterocycles.